The summed E-state index contributed by atoms with van der Waals surface area (Å²) >= 11 is 1.69. The Morgan fingerprint density at radius 3 is 2.31 bits per heavy atom. The summed E-state index contributed by atoms with van der Waals surface area (Å²) in [7, 11) is -0.392. The first-order valence-corrected chi connectivity index (χ1v) is 14.7. The molecule has 0 aliphatic carbocycles. The van der Waals surface area contributed by atoms with E-state index in [1.165, 1.54) is 9.20 Å². The molecule has 0 amide bonds. The summed E-state index contributed by atoms with van der Waals surface area (Å²) in [6.07, 6.45) is 1.51. The molecule has 3 aromatic rings. The van der Waals surface area contributed by atoms with Crippen LogP contribution in [0.5, 0.6) is 0 Å². The number of sulfonamides is 1. The molecule has 3 aromatic carbocycles. The molecule has 0 saturated carbocycles. The third-order valence-corrected chi connectivity index (χ3v) is 10.2. The van der Waals surface area contributed by atoms with Crippen LogP contribution in [0.4, 0.5) is 11.4 Å². The Hall–Kier alpha value is -2.36. The highest BCUT2D eigenvalue weighted by molar-refractivity contribution is 7.99. The molecule has 1 fully saturated rings. The SMILES string of the molecule is CN(C)S(=O)(=O)c1ccc2c(c1)N(CCN1CCC(C(O)c3ccccc3)CC1)c1ccccc1S2. The van der Waals surface area contributed by atoms with Gasteiger partial charge in [-0.25, -0.2) is 12.7 Å². The summed E-state index contributed by atoms with van der Waals surface area (Å²) in [6, 6.07) is 23.7. The van der Waals surface area contributed by atoms with Crippen molar-refractivity contribution in [2.45, 2.75) is 33.6 Å². The Labute approximate surface area is 218 Å². The predicted molar refractivity (Wildman–Crippen MR) is 145 cm³/mol. The van der Waals surface area contributed by atoms with E-state index < -0.39 is 16.1 Å². The summed E-state index contributed by atoms with van der Waals surface area (Å²) in [6.45, 7) is 3.53. The summed E-state index contributed by atoms with van der Waals surface area (Å²) in [5.74, 6) is 0.273. The van der Waals surface area contributed by atoms with Crippen molar-refractivity contribution >= 4 is 33.2 Å². The Bertz CT molecular complexity index is 1310. The average Bonchev–Trinajstić information content (AvgIpc) is 2.91. The zero-order chi connectivity index (χ0) is 25.3. The molecule has 1 atom stereocenters. The van der Waals surface area contributed by atoms with Crippen LogP contribution in [0.3, 0.4) is 0 Å². The molecule has 1 saturated heterocycles. The number of benzene rings is 3. The molecule has 190 valence electrons. The van der Waals surface area contributed by atoms with Crippen molar-refractivity contribution in [3.63, 3.8) is 0 Å². The van der Waals surface area contributed by atoms with Crippen LogP contribution in [0.2, 0.25) is 0 Å². The molecule has 0 radical (unpaired) electrons. The Kier molecular flexibility index (Phi) is 7.42. The van der Waals surface area contributed by atoms with Gasteiger partial charge in [-0.05, 0) is 67.7 Å². The Morgan fingerprint density at radius 1 is 0.917 bits per heavy atom. The lowest BCUT2D eigenvalue weighted by Gasteiger charge is -2.37. The minimum absolute atomic E-state index is 0.273. The Morgan fingerprint density at radius 2 is 1.58 bits per heavy atom. The number of anilines is 2. The van der Waals surface area contributed by atoms with Crippen molar-refractivity contribution in [2.24, 2.45) is 5.92 Å². The van der Waals surface area contributed by atoms with Gasteiger partial charge in [0.1, 0.15) is 0 Å². The molecular formula is C28H33N3O3S2. The van der Waals surface area contributed by atoms with Crippen LogP contribution in [0.1, 0.15) is 24.5 Å². The maximum absolute atomic E-state index is 12.8. The Balaban J connectivity index is 1.31. The lowest BCUT2D eigenvalue weighted by Crippen LogP contribution is -2.40. The van der Waals surface area contributed by atoms with Gasteiger partial charge in [0, 0.05) is 37.0 Å². The monoisotopic (exact) mass is 523 g/mol. The number of rotatable bonds is 7. The fraction of sp³-hybridized carbons (Fsp3) is 0.357. The number of hydrogen-bond acceptors (Lipinski definition) is 6. The van der Waals surface area contributed by atoms with E-state index in [0.717, 1.165) is 60.9 Å². The zero-order valence-electron chi connectivity index (χ0n) is 20.7. The van der Waals surface area contributed by atoms with E-state index >= 15 is 0 Å². The van der Waals surface area contributed by atoms with Crippen molar-refractivity contribution in [1.29, 1.82) is 0 Å². The van der Waals surface area contributed by atoms with Crippen molar-refractivity contribution in [3.05, 3.63) is 78.4 Å². The lowest BCUT2D eigenvalue weighted by atomic mass is 9.87. The number of fused-ring (bicyclic) bond motifs is 2. The fourth-order valence-electron chi connectivity index (χ4n) is 5.08. The third kappa shape index (κ3) is 5.06. The van der Waals surface area contributed by atoms with E-state index in [0.29, 0.717) is 4.90 Å². The molecule has 2 aliphatic heterocycles. The highest BCUT2D eigenvalue weighted by Gasteiger charge is 2.29. The molecule has 6 nitrogen and oxygen atoms in total. The minimum Gasteiger partial charge on any atom is -0.388 e. The fourth-order valence-corrected chi connectivity index (χ4v) is 7.08. The number of aliphatic hydroxyl groups is 1. The van der Waals surface area contributed by atoms with Crippen LogP contribution in [0.25, 0.3) is 0 Å². The summed E-state index contributed by atoms with van der Waals surface area (Å²) < 4.78 is 26.9. The largest absolute Gasteiger partial charge is 0.388 e. The topological polar surface area (TPSA) is 64.1 Å². The van der Waals surface area contributed by atoms with Crippen molar-refractivity contribution in [3.8, 4) is 0 Å². The van der Waals surface area contributed by atoms with E-state index in [4.69, 9.17) is 0 Å². The highest BCUT2D eigenvalue weighted by atomic mass is 32.2. The van der Waals surface area contributed by atoms with Gasteiger partial charge in [-0.15, -0.1) is 0 Å². The number of aliphatic hydroxyl groups excluding tert-OH is 1. The molecule has 2 aliphatic rings. The lowest BCUT2D eigenvalue weighted by molar-refractivity contribution is 0.0598. The zero-order valence-corrected chi connectivity index (χ0v) is 22.4. The van der Waals surface area contributed by atoms with E-state index in [2.05, 4.69) is 21.9 Å². The van der Waals surface area contributed by atoms with E-state index in [1.54, 1.807) is 31.9 Å². The first-order chi connectivity index (χ1) is 17.3. The molecule has 1 unspecified atom stereocenters. The summed E-state index contributed by atoms with van der Waals surface area (Å²) in [5.41, 5.74) is 3.05. The number of para-hydroxylation sites is 1. The first kappa shape index (κ1) is 25.3. The predicted octanol–water partition coefficient (Wildman–Crippen LogP) is 4.99. The quantitative estimate of drug-likeness (QED) is 0.471. The number of piperidine rings is 1. The third-order valence-electron chi connectivity index (χ3n) is 7.24. The van der Waals surface area contributed by atoms with Gasteiger partial charge >= 0.3 is 0 Å². The molecule has 0 spiro atoms. The van der Waals surface area contributed by atoms with Gasteiger partial charge in [0.2, 0.25) is 10.0 Å². The van der Waals surface area contributed by atoms with Gasteiger partial charge in [-0.2, -0.15) is 0 Å². The van der Waals surface area contributed by atoms with Gasteiger partial charge in [-0.3, -0.25) is 0 Å². The van der Waals surface area contributed by atoms with Gasteiger partial charge in [0.25, 0.3) is 0 Å². The maximum Gasteiger partial charge on any atom is 0.242 e. The van der Waals surface area contributed by atoms with E-state index in [9.17, 15) is 13.5 Å². The molecule has 0 bridgehead atoms. The van der Waals surface area contributed by atoms with Crippen molar-refractivity contribution < 1.29 is 13.5 Å². The number of hydrogen-bond donors (Lipinski definition) is 1. The number of likely N-dealkylation sites (tertiary alicyclic amines) is 1. The van der Waals surface area contributed by atoms with Crippen LogP contribution in [-0.2, 0) is 10.0 Å². The van der Waals surface area contributed by atoms with Crippen LogP contribution < -0.4 is 4.90 Å². The molecule has 5 rings (SSSR count). The molecule has 0 aromatic heterocycles. The van der Waals surface area contributed by atoms with Gasteiger partial charge in [-0.1, -0.05) is 54.2 Å². The normalized spacial score (nSPS) is 17.6. The van der Waals surface area contributed by atoms with Gasteiger partial charge < -0.3 is 14.9 Å². The molecular weight excluding hydrogens is 490 g/mol. The second-order valence-corrected chi connectivity index (χ2v) is 12.9. The smallest absolute Gasteiger partial charge is 0.242 e. The molecule has 2 heterocycles. The standard InChI is InChI=1S/C28H33N3O3S2/c1-29(2)36(33,34)23-12-13-27-25(20-23)31(24-10-6-7-11-26(24)35-27)19-18-30-16-14-22(15-17-30)28(32)21-8-4-3-5-9-21/h3-13,20,22,28,32H,14-19H2,1-2H3. The molecule has 8 heteroatoms. The minimum atomic E-state index is -3.52. The number of nitrogens with zero attached hydrogens (tertiary/aromatic N) is 3. The van der Waals surface area contributed by atoms with Crippen molar-refractivity contribution in [1.82, 2.24) is 9.21 Å². The highest BCUT2D eigenvalue weighted by Crippen LogP contribution is 2.48. The van der Waals surface area contributed by atoms with Crippen LogP contribution >= 0.6 is 11.8 Å². The van der Waals surface area contributed by atoms with E-state index in [-0.39, 0.29) is 5.92 Å². The van der Waals surface area contributed by atoms with Crippen molar-refractivity contribution in [2.75, 3.05) is 45.2 Å². The van der Waals surface area contributed by atoms with Crippen LogP contribution in [-0.4, -0.2) is 63.0 Å². The van der Waals surface area contributed by atoms with Crippen LogP contribution in [0.15, 0.2) is 87.5 Å². The molecule has 36 heavy (non-hydrogen) atoms. The summed E-state index contributed by atoms with van der Waals surface area (Å²) in [5, 5.41) is 10.8. The second kappa shape index (κ2) is 10.6. The second-order valence-electron chi connectivity index (χ2n) is 9.67. The summed E-state index contributed by atoms with van der Waals surface area (Å²) in [4.78, 5) is 7.28. The maximum atomic E-state index is 12.8. The molecule has 1 N–H and O–H groups in total. The van der Waals surface area contributed by atoms with Gasteiger partial charge in [0.15, 0.2) is 0 Å². The van der Waals surface area contributed by atoms with E-state index in [1.807, 2.05) is 54.6 Å². The average molecular weight is 524 g/mol. The first-order valence-electron chi connectivity index (χ1n) is 12.4. The van der Waals surface area contributed by atoms with Gasteiger partial charge in [0.05, 0.1) is 22.4 Å². The van der Waals surface area contributed by atoms with Crippen LogP contribution in [0, 0.1) is 5.92 Å².